The number of carbonyl (C=O) groups is 1. The topological polar surface area (TPSA) is 86.0 Å². The van der Waals surface area contributed by atoms with Crippen LogP contribution in [0.3, 0.4) is 0 Å². The first kappa shape index (κ1) is 25.6. The van der Waals surface area contributed by atoms with Gasteiger partial charge in [-0.1, -0.05) is 48.6 Å². The number of rotatable bonds is 4. The third-order valence-corrected chi connectivity index (χ3v) is 2.21. The number of carbonyl (C=O) groups excluding carboxylic acids is 1. The Kier molecular flexibility index (Phi) is 21.9. The molecule has 0 amide bonds. The van der Waals surface area contributed by atoms with Gasteiger partial charge in [0.1, 0.15) is 6.61 Å². The predicted octanol–water partition coefficient (Wildman–Crippen LogP) is 2.62. The summed E-state index contributed by atoms with van der Waals surface area (Å²) < 4.78 is 27.5. The van der Waals surface area contributed by atoms with Crippen LogP contribution in [0.1, 0.15) is 5.56 Å². The van der Waals surface area contributed by atoms with Crippen LogP contribution in [-0.2, 0) is 40.6 Å². The van der Waals surface area contributed by atoms with Crippen molar-refractivity contribution in [2.75, 3.05) is 6.61 Å². The Morgan fingerprint density at radius 1 is 1.04 bits per heavy atom. The zero-order valence-electron chi connectivity index (χ0n) is 11.9. The van der Waals surface area contributed by atoms with E-state index in [1.54, 1.807) is 6.08 Å². The van der Waals surface area contributed by atoms with Crippen molar-refractivity contribution in [2.24, 2.45) is 0 Å². The van der Waals surface area contributed by atoms with E-state index in [0.29, 0.717) is 6.61 Å². The largest absolute Gasteiger partial charge is 0 e. The number of hydrogen-bond donors (Lipinski definition) is 0. The Morgan fingerprint density at radius 3 is 2.00 bits per heavy atom. The van der Waals surface area contributed by atoms with Crippen molar-refractivity contribution in [1.82, 2.24) is 0 Å². The molecule has 0 N–H and O–H groups in total. The SMILES string of the molecule is O=C(/C=C/c1ccccc1)OCC1=CC=C1.[C-]#[O+].[C-]#[O+].[C-]#[O+].[Fe]. The van der Waals surface area contributed by atoms with Gasteiger partial charge in [0.2, 0.25) is 0 Å². The fourth-order valence-electron chi connectivity index (χ4n) is 1.26. The minimum atomic E-state index is -0.315. The van der Waals surface area contributed by atoms with E-state index in [2.05, 4.69) is 20.0 Å². The second-order valence-electron chi connectivity index (χ2n) is 3.45. The molecule has 0 fully saturated rings. The molecular weight excluding hydrogens is 340 g/mol. The molecule has 0 aromatic heterocycles. The van der Waals surface area contributed by atoms with E-state index in [9.17, 15) is 4.79 Å². The van der Waals surface area contributed by atoms with E-state index in [1.165, 1.54) is 6.08 Å². The average molecular weight is 352 g/mol. The van der Waals surface area contributed by atoms with Gasteiger partial charge >= 0.3 is 39.9 Å². The van der Waals surface area contributed by atoms with Crippen molar-refractivity contribution in [3.05, 3.63) is 85.7 Å². The molecule has 0 saturated heterocycles. The summed E-state index contributed by atoms with van der Waals surface area (Å²) in [4.78, 5) is 11.3. The maximum absolute atomic E-state index is 11.3. The quantitative estimate of drug-likeness (QED) is 0.274. The monoisotopic (exact) mass is 352 g/mol. The third kappa shape index (κ3) is 13.1. The van der Waals surface area contributed by atoms with Crippen LogP contribution >= 0.6 is 0 Å². The van der Waals surface area contributed by atoms with Crippen molar-refractivity contribution < 1.29 is 40.6 Å². The van der Waals surface area contributed by atoms with Crippen molar-refractivity contribution in [2.45, 2.75) is 0 Å². The summed E-state index contributed by atoms with van der Waals surface area (Å²) in [6.07, 6.45) is 8.96. The van der Waals surface area contributed by atoms with Crippen LogP contribution in [0.2, 0.25) is 0 Å². The van der Waals surface area contributed by atoms with E-state index in [4.69, 9.17) is 18.7 Å². The van der Waals surface area contributed by atoms with E-state index in [-0.39, 0.29) is 23.0 Å². The van der Waals surface area contributed by atoms with Gasteiger partial charge in [-0.15, -0.1) is 0 Å². The number of ether oxygens (including phenoxy) is 1. The number of esters is 1. The molecule has 1 aliphatic carbocycles. The molecule has 0 radical (unpaired) electrons. The number of benzene rings is 1. The third-order valence-electron chi connectivity index (χ3n) is 2.21. The summed E-state index contributed by atoms with van der Waals surface area (Å²) in [7, 11) is 0. The van der Waals surface area contributed by atoms with Gasteiger partial charge in [0.05, 0.1) is 0 Å². The molecule has 23 heavy (non-hydrogen) atoms. The standard InChI is InChI=1S/C14H12O2.3CO.Fe/c15-14(16-11-13-7-4-8-13)10-9-12-5-2-1-3-6-12;3*1-2;/h1-10H,11H2;;;;/b10-9+;;;;. The molecule has 0 saturated carbocycles. The molecule has 0 unspecified atom stereocenters. The second kappa shape index (κ2) is 19.6. The maximum atomic E-state index is 11.3. The predicted molar refractivity (Wildman–Crippen MR) is 75.4 cm³/mol. The average Bonchev–Trinajstić information content (AvgIpc) is 2.58. The first-order chi connectivity index (χ1) is 10.8. The smallest absolute Gasteiger partial charge is 0 e. The van der Waals surface area contributed by atoms with Crippen LogP contribution in [0.5, 0.6) is 0 Å². The molecule has 118 valence electrons. The van der Waals surface area contributed by atoms with Gasteiger partial charge in [0.25, 0.3) is 0 Å². The number of allylic oxidation sites excluding steroid dienone is 2. The second-order valence-corrected chi connectivity index (χ2v) is 3.45. The minimum Gasteiger partial charge on any atom is 0 e. The molecule has 0 atom stereocenters. The van der Waals surface area contributed by atoms with Gasteiger partial charge in [-0.2, -0.15) is 0 Å². The molecule has 1 aliphatic rings. The number of hydrogen-bond acceptors (Lipinski definition) is 2. The molecule has 0 aliphatic heterocycles. The molecule has 0 heterocycles. The normalized spacial score (nSPS) is 9.57. The zero-order valence-corrected chi connectivity index (χ0v) is 13.0. The van der Waals surface area contributed by atoms with E-state index >= 15 is 0 Å². The van der Waals surface area contributed by atoms with E-state index in [0.717, 1.165) is 11.1 Å². The molecule has 0 spiro atoms. The fourth-order valence-corrected chi connectivity index (χ4v) is 1.26. The van der Waals surface area contributed by atoms with Crippen molar-refractivity contribution in [3.8, 4) is 0 Å². The Balaban J connectivity index is -0.000000514. The summed E-state index contributed by atoms with van der Waals surface area (Å²) in [5.74, 6) is -0.315. The van der Waals surface area contributed by atoms with Crippen molar-refractivity contribution in [1.29, 1.82) is 0 Å². The summed E-state index contributed by atoms with van der Waals surface area (Å²) in [6.45, 7) is 13.9. The maximum Gasteiger partial charge on any atom is 0 e. The molecule has 2 rings (SSSR count). The fraction of sp³-hybridized carbons (Fsp3) is 0.0588. The molecular formula is C17H12FeO5. The molecule has 5 nitrogen and oxygen atoms in total. The van der Waals surface area contributed by atoms with Gasteiger partial charge < -0.3 is 4.74 Å². The van der Waals surface area contributed by atoms with Gasteiger partial charge in [-0.05, 0) is 17.2 Å². The summed E-state index contributed by atoms with van der Waals surface area (Å²) in [5.41, 5.74) is 2.03. The van der Waals surface area contributed by atoms with Gasteiger partial charge in [0.15, 0.2) is 0 Å². The van der Waals surface area contributed by atoms with Crippen molar-refractivity contribution >= 4 is 12.0 Å². The van der Waals surface area contributed by atoms with Crippen LogP contribution in [0.15, 0.2) is 60.2 Å². The Morgan fingerprint density at radius 2 is 1.57 bits per heavy atom. The Labute approximate surface area is 145 Å². The van der Waals surface area contributed by atoms with Crippen LogP contribution in [0.4, 0.5) is 0 Å². The first-order valence-corrected chi connectivity index (χ1v) is 5.73. The van der Waals surface area contributed by atoms with Crippen LogP contribution in [0.25, 0.3) is 6.08 Å². The van der Waals surface area contributed by atoms with Crippen molar-refractivity contribution in [3.63, 3.8) is 0 Å². The first-order valence-electron chi connectivity index (χ1n) is 5.73. The van der Waals surface area contributed by atoms with E-state index < -0.39 is 0 Å². The Hall–Kier alpha value is -2.35. The Bertz CT molecular complexity index is 566. The molecule has 1 aromatic rings. The van der Waals surface area contributed by atoms with Gasteiger partial charge in [-0.3, -0.25) is 0 Å². The van der Waals surface area contributed by atoms with Crippen LogP contribution in [0, 0.1) is 20.0 Å². The van der Waals surface area contributed by atoms with Gasteiger partial charge in [0, 0.05) is 23.1 Å². The van der Waals surface area contributed by atoms with Crippen LogP contribution < -0.4 is 0 Å². The van der Waals surface area contributed by atoms with Crippen LogP contribution in [-0.4, -0.2) is 12.6 Å². The molecule has 0 bridgehead atoms. The van der Waals surface area contributed by atoms with E-state index in [1.807, 2.05) is 48.6 Å². The summed E-state index contributed by atoms with van der Waals surface area (Å²) in [5, 5.41) is 0. The zero-order chi connectivity index (χ0) is 17.2. The van der Waals surface area contributed by atoms with Gasteiger partial charge in [-0.25, -0.2) is 4.79 Å². The minimum absolute atomic E-state index is 0. The molecule has 6 heteroatoms. The summed E-state index contributed by atoms with van der Waals surface area (Å²) in [6, 6.07) is 9.65. The summed E-state index contributed by atoms with van der Waals surface area (Å²) >= 11 is 0. The molecule has 1 aromatic carbocycles.